The van der Waals surface area contributed by atoms with Crippen molar-refractivity contribution in [3.8, 4) is 0 Å². The zero-order valence-electron chi connectivity index (χ0n) is 11.7. The van der Waals surface area contributed by atoms with Gasteiger partial charge in [-0.2, -0.15) is 0 Å². The minimum atomic E-state index is -0.108. The molecule has 1 fully saturated rings. The van der Waals surface area contributed by atoms with Gasteiger partial charge in [0.15, 0.2) is 0 Å². The number of rotatable bonds is 2. The number of aryl methyl sites for hydroxylation is 1. The lowest BCUT2D eigenvalue weighted by Crippen LogP contribution is -2.40. The van der Waals surface area contributed by atoms with E-state index in [9.17, 15) is 4.79 Å². The van der Waals surface area contributed by atoms with Crippen LogP contribution in [0.15, 0.2) is 12.3 Å². The molecule has 0 spiro atoms. The molecule has 104 valence electrons. The Bertz CT molecular complexity index is 465. The molecule has 19 heavy (non-hydrogen) atoms. The first-order valence-electron chi connectivity index (χ1n) is 6.88. The molecule has 1 aromatic heterocycles. The van der Waals surface area contributed by atoms with Crippen molar-refractivity contribution in [3.05, 3.63) is 28.5 Å². The molecule has 1 aliphatic rings. The minimum Gasteiger partial charge on any atom is -0.349 e. The van der Waals surface area contributed by atoms with Crippen LogP contribution in [0.25, 0.3) is 0 Å². The van der Waals surface area contributed by atoms with E-state index in [1.165, 1.54) is 6.42 Å². The van der Waals surface area contributed by atoms with E-state index in [4.69, 9.17) is 11.6 Å². The number of nitrogens with one attached hydrogen (secondary N) is 1. The molecule has 0 aliphatic heterocycles. The van der Waals surface area contributed by atoms with Gasteiger partial charge in [-0.15, -0.1) is 0 Å². The first-order valence-corrected chi connectivity index (χ1v) is 7.26. The lowest BCUT2D eigenvalue weighted by Gasteiger charge is -2.32. The van der Waals surface area contributed by atoms with Crippen LogP contribution in [0.5, 0.6) is 0 Å². The van der Waals surface area contributed by atoms with Crippen LogP contribution in [0.2, 0.25) is 5.02 Å². The number of carbonyl (C=O) groups is 1. The van der Waals surface area contributed by atoms with Gasteiger partial charge in [-0.1, -0.05) is 25.4 Å². The highest BCUT2D eigenvalue weighted by molar-refractivity contribution is 6.33. The Morgan fingerprint density at radius 2 is 1.95 bits per heavy atom. The highest BCUT2D eigenvalue weighted by atomic mass is 35.5. The van der Waals surface area contributed by atoms with Gasteiger partial charge in [-0.25, -0.2) is 0 Å². The standard InChI is InChI=1S/C15H21ClN2O/c1-9-4-10(2)6-12(5-9)18-15(19)13-8-17-11(3)7-14(13)16/h7-10,12H,4-6H2,1-3H3,(H,18,19). The Balaban J connectivity index is 2.04. The van der Waals surface area contributed by atoms with E-state index >= 15 is 0 Å². The molecule has 1 aliphatic carbocycles. The number of halogens is 1. The van der Waals surface area contributed by atoms with Crippen LogP contribution >= 0.6 is 11.6 Å². The van der Waals surface area contributed by atoms with Crippen molar-refractivity contribution in [1.29, 1.82) is 0 Å². The highest BCUT2D eigenvalue weighted by Crippen LogP contribution is 2.28. The predicted molar refractivity (Wildman–Crippen MR) is 77.4 cm³/mol. The summed E-state index contributed by atoms with van der Waals surface area (Å²) in [6, 6.07) is 1.98. The van der Waals surface area contributed by atoms with Crippen molar-refractivity contribution in [2.24, 2.45) is 11.8 Å². The second-order valence-corrected chi connectivity index (χ2v) is 6.30. The van der Waals surface area contributed by atoms with E-state index in [0.717, 1.165) is 18.5 Å². The van der Waals surface area contributed by atoms with Gasteiger partial charge in [-0.3, -0.25) is 9.78 Å². The molecule has 0 saturated heterocycles. The topological polar surface area (TPSA) is 42.0 Å². The number of amides is 1. The van der Waals surface area contributed by atoms with E-state index in [1.54, 1.807) is 12.3 Å². The fraction of sp³-hybridized carbons (Fsp3) is 0.600. The molecule has 0 radical (unpaired) electrons. The van der Waals surface area contributed by atoms with Gasteiger partial charge in [0, 0.05) is 17.9 Å². The van der Waals surface area contributed by atoms with E-state index in [1.807, 2.05) is 6.92 Å². The molecule has 2 atom stereocenters. The van der Waals surface area contributed by atoms with Gasteiger partial charge < -0.3 is 5.32 Å². The van der Waals surface area contributed by atoms with Crippen LogP contribution in [0, 0.1) is 18.8 Å². The third kappa shape index (κ3) is 3.69. The first-order chi connectivity index (χ1) is 8.95. The van der Waals surface area contributed by atoms with E-state index in [0.29, 0.717) is 22.4 Å². The largest absolute Gasteiger partial charge is 0.349 e. The number of carbonyl (C=O) groups excluding carboxylic acids is 1. The maximum absolute atomic E-state index is 12.2. The quantitative estimate of drug-likeness (QED) is 0.899. The fourth-order valence-corrected chi connectivity index (χ4v) is 3.31. The molecular formula is C15H21ClN2O. The highest BCUT2D eigenvalue weighted by Gasteiger charge is 2.25. The SMILES string of the molecule is Cc1cc(Cl)c(C(=O)NC2CC(C)CC(C)C2)cn1. The summed E-state index contributed by atoms with van der Waals surface area (Å²) in [6.07, 6.45) is 4.90. The number of pyridine rings is 1. The normalized spacial score (nSPS) is 27.1. The third-order valence-electron chi connectivity index (χ3n) is 3.75. The summed E-state index contributed by atoms with van der Waals surface area (Å²) in [4.78, 5) is 16.4. The van der Waals surface area contributed by atoms with Crippen LogP contribution in [-0.4, -0.2) is 16.9 Å². The van der Waals surface area contributed by atoms with Gasteiger partial charge >= 0.3 is 0 Å². The number of hydrogen-bond acceptors (Lipinski definition) is 2. The monoisotopic (exact) mass is 280 g/mol. The second-order valence-electron chi connectivity index (χ2n) is 5.89. The van der Waals surface area contributed by atoms with Crippen LogP contribution in [0.4, 0.5) is 0 Å². The number of nitrogens with zero attached hydrogens (tertiary/aromatic N) is 1. The molecule has 3 nitrogen and oxygen atoms in total. The van der Waals surface area contributed by atoms with Crippen molar-refractivity contribution in [1.82, 2.24) is 10.3 Å². The van der Waals surface area contributed by atoms with E-state index in [-0.39, 0.29) is 11.9 Å². The van der Waals surface area contributed by atoms with E-state index < -0.39 is 0 Å². The van der Waals surface area contributed by atoms with E-state index in [2.05, 4.69) is 24.1 Å². The summed E-state index contributed by atoms with van der Waals surface area (Å²) < 4.78 is 0. The van der Waals surface area contributed by atoms with Crippen LogP contribution in [-0.2, 0) is 0 Å². The molecule has 1 heterocycles. The van der Waals surface area contributed by atoms with Crippen molar-refractivity contribution in [2.45, 2.75) is 46.1 Å². The molecule has 0 aromatic carbocycles. The maximum Gasteiger partial charge on any atom is 0.254 e. The minimum absolute atomic E-state index is 0.108. The molecular weight excluding hydrogens is 260 g/mol. The molecule has 1 saturated carbocycles. The predicted octanol–water partition coefficient (Wildman–Crippen LogP) is 3.60. The average Bonchev–Trinajstić information content (AvgIpc) is 2.26. The summed E-state index contributed by atoms with van der Waals surface area (Å²) in [7, 11) is 0. The van der Waals surface area contributed by atoms with Gasteiger partial charge in [0.25, 0.3) is 5.91 Å². The van der Waals surface area contributed by atoms with Crippen LogP contribution < -0.4 is 5.32 Å². The lowest BCUT2D eigenvalue weighted by molar-refractivity contribution is 0.0911. The van der Waals surface area contributed by atoms with Crippen molar-refractivity contribution < 1.29 is 4.79 Å². The Morgan fingerprint density at radius 1 is 1.32 bits per heavy atom. The van der Waals surface area contributed by atoms with Crippen molar-refractivity contribution in [3.63, 3.8) is 0 Å². The molecule has 4 heteroatoms. The summed E-state index contributed by atoms with van der Waals surface area (Å²) in [5.41, 5.74) is 1.29. The summed E-state index contributed by atoms with van der Waals surface area (Å²) in [5, 5.41) is 3.57. The summed E-state index contributed by atoms with van der Waals surface area (Å²) >= 11 is 6.10. The van der Waals surface area contributed by atoms with Crippen LogP contribution in [0.3, 0.4) is 0 Å². The fourth-order valence-electron chi connectivity index (χ4n) is 3.02. The molecule has 1 amide bonds. The second kappa shape index (κ2) is 5.91. The first kappa shape index (κ1) is 14.3. The number of hydrogen-bond donors (Lipinski definition) is 1. The molecule has 1 N–H and O–H groups in total. The lowest BCUT2D eigenvalue weighted by atomic mass is 9.80. The zero-order valence-corrected chi connectivity index (χ0v) is 12.5. The summed E-state index contributed by atoms with van der Waals surface area (Å²) in [6.45, 7) is 6.35. The van der Waals surface area contributed by atoms with Crippen molar-refractivity contribution >= 4 is 17.5 Å². The van der Waals surface area contributed by atoms with Gasteiger partial charge in [0.2, 0.25) is 0 Å². The Morgan fingerprint density at radius 3 is 2.53 bits per heavy atom. The molecule has 0 bridgehead atoms. The Hall–Kier alpha value is -1.09. The Kier molecular flexibility index (Phi) is 4.46. The summed E-state index contributed by atoms with van der Waals surface area (Å²) in [5.74, 6) is 1.23. The smallest absolute Gasteiger partial charge is 0.254 e. The van der Waals surface area contributed by atoms with Gasteiger partial charge in [-0.05, 0) is 44.1 Å². The Labute approximate surface area is 119 Å². The molecule has 2 unspecified atom stereocenters. The van der Waals surface area contributed by atoms with Gasteiger partial charge in [0.1, 0.15) is 0 Å². The van der Waals surface area contributed by atoms with Crippen LogP contribution in [0.1, 0.15) is 49.2 Å². The molecule has 2 rings (SSSR count). The third-order valence-corrected chi connectivity index (χ3v) is 4.06. The molecule has 1 aromatic rings. The zero-order chi connectivity index (χ0) is 14.0. The maximum atomic E-state index is 12.2. The number of aromatic nitrogens is 1. The van der Waals surface area contributed by atoms with Crippen molar-refractivity contribution in [2.75, 3.05) is 0 Å². The van der Waals surface area contributed by atoms with Gasteiger partial charge in [0.05, 0.1) is 10.6 Å². The average molecular weight is 281 g/mol.